The fourth-order valence-electron chi connectivity index (χ4n) is 0.987. The molecule has 0 unspecified atom stereocenters. The molecule has 0 aromatic heterocycles. The van der Waals surface area contributed by atoms with Crippen LogP contribution in [0.25, 0.3) is 0 Å². The van der Waals surface area contributed by atoms with Crippen molar-refractivity contribution in [1.82, 2.24) is 0 Å². The van der Waals surface area contributed by atoms with Crippen molar-refractivity contribution in [2.75, 3.05) is 0 Å². The first-order valence-corrected chi connectivity index (χ1v) is 2.93. The molecule has 0 radical (unpaired) electrons. The van der Waals surface area contributed by atoms with Gasteiger partial charge in [-0.3, -0.25) is 0 Å². The van der Waals surface area contributed by atoms with E-state index >= 15 is 0 Å². The van der Waals surface area contributed by atoms with E-state index < -0.39 is 5.97 Å². The summed E-state index contributed by atoms with van der Waals surface area (Å²) >= 11 is 0. The summed E-state index contributed by atoms with van der Waals surface area (Å²) < 4.78 is 4.58. The molecule has 0 saturated heterocycles. The summed E-state index contributed by atoms with van der Waals surface area (Å²) in [6, 6.07) is 6.79. The number of rotatable bonds is 0. The Hall–Kier alpha value is -1.06. The number of aliphatic hydroxyl groups is 2. The van der Waals surface area contributed by atoms with Crippen LogP contribution in [0.3, 0.4) is 0 Å². The first-order valence-electron chi connectivity index (χ1n) is 2.93. The molecule has 2 rings (SSSR count). The number of ether oxygens (including phenoxy) is 1. The second kappa shape index (κ2) is 1.51. The van der Waals surface area contributed by atoms with E-state index in [1.165, 1.54) is 0 Å². The number of benzene rings is 1. The van der Waals surface area contributed by atoms with Gasteiger partial charge in [-0.25, -0.2) is 0 Å². The van der Waals surface area contributed by atoms with Crippen molar-refractivity contribution in [3.63, 3.8) is 0 Å². The van der Waals surface area contributed by atoms with Crippen LogP contribution < -0.4 is 4.74 Å². The number of para-hydroxylation sites is 1. The third-order valence-corrected chi connectivity index (χ3v) is 1.49. The van der Waals surface area contributed by atoms with Gasteiger partial charge in [-0.2, -0.15) is 0 Å². The molecular formula is C7H6O3. The minimum Gasteiger partial charge on any atom is -0.435 e. The fraction of sp³-hybridized carbons (Fsp3) is 0.143. The first kappa shape index (κ1) is 5.70. The highest BCUT2D eigenvalue weighted by Gasteiger charge is 2.41. The van der Waals surface area contributed by atoms with Gasteiger partial charge in [-0.05, 0) is 12.1 Å². The summed E-state index contributed by atoms with van der Waals surface area (Å²) in [5.74, 6) is -1.51. The zero-order valence-corrected chi connectivity index (χ0v) is 5.11. The summed E-state index contributed by atoms with van der Waals surface area (Å²) in [5, 5.41) is 17.8. The average Bonchev–Trinajstić information content (AvgIpc) is 1.86. The van der Waals surface area contributed by atoms with Gasteiger partial charge in [0, 0.05) is 0 Å². The van der Waals surface area contributed by atoms with Crippen molar-refractivity contribution in [2.45, 2.75) is 5.97 Å². The van der Waals surface area contributed by atoms with Crippen LogP contribution in [0.15, 0.2) is 24.3 Å². The lowest BCUT2D eigenvalue weighted by atomic mass is 10.1. The number of fused-ring (bicyclic) bond motifs is 1. The van der Waals surface area contributed by atoms with Gasteiger partial charge in [-0.1, -0.05) is 12.1 Å². The third-order valence-electron chi connectivity index (χ3n) is 1.49. The third kappa shape index (κ3) is 0.558. The molecule has 1 aliphatic rings. The summed E-state index contributed by atoms with van der Waals surface area (Å²) in [6.07, 6.45) is 0. The Labute approximate surface area is 57.5 Å². The molecule has 10 heavy (non-hydrogen) atoms. The Balaban J connectivity index is 2.53. The maximum atomic E-state index is 8.90. The summed E-state index contributed by atoms with van der Waals surface area (Å²) in [6.45, 7) is 0. The summed E-state index contributed by atoms with van der Waals surface area (Å²) in [7, 11) is 0. The molecule has 1 aromatic rings. The van der Waals surface area contributed by atoms with E-state index in [9.17, 15) is 0 Å². The summed E-state index contributed by atoms with van der Waals surface area (Å²) in [5.41, 5.74) is 0.426. The van der Waals surface area contributed by atoms with Gasteiger partial charge in [0.05, 0.1) is 5.56 Å². The Kier molecular flexibility index (Phi) is 0.859. The smallest absolute Gasteiger partial charge is 0.355 e. The van der Waals surface area contributed by atoms with Crippen molar-refractivity contribution in [3.8, 4) is 5.75 Å². The standard InChI is InChI=1S/C7H6O3/c8-7(9)5-3-1-2-4-6(5)10-7/h1-4,8-9H. The average molecular weight is 138 g/mol. The highest BCUT2D eigenvalue weighted by Crippen LogP contribution is 2.39. The molecule has 0 fully saturated rings. The van der Waals surface area contributed by atoms with Crippen molar-refractivity contribution >= 4 is 0 Å². The van der Waals surface area contributed by atoms with Crippen LogP contribution in [0.5, 0.6) is 5.75 Å². The Morgan fingerprint density at radius 2 is 1.90 bits per heavy atom. The minimum absolute atomic E-state index is 0.426. The van der Waals surface area contributed by atoms with E-state index in [0.29, 0.717) is 11.3 Å². The molecule has 0 bridgehead atoms. The van der Waals surface area contributed by atoms with Crippen LogP contribution in [-0.4, -0.2) is 10.2 Å². The lowest BCUT2D eigenvalue weighted by molar-refractivity contribution is -0.332. The Morgan fingerprint density at radius 1 is 1.20 bits per heavy atom. The molecule has 0 amide bonds. The van der Waals surface area contributed by atoms with E-state index in [1.807, 2.05) is 0 Å². The van der Waals surface area contributed by atoms with E-state index in [0.717, 1.165) is 0 Å². The molecule has 0 spiro atoms. The maximum Gasteiger partial charge on any atom is 0.355 e. The maximum absolute atomic E-state index is 8.90. The molecular weight excluding hydrogens is 132 g/mol. The van der Waals surface area contributed by atoms with Crippen molar-refractivity contribution in [3.05, 3.63) is 29.8 Å². The fourth-order valence-corrected chi connectivity index (χ4v) is 0.987. The molecule has 1 aromatic carbocycles. The van der Waals surface area contributed by atoms with E-state index in [4.69, 9.17) is 10.2 Å². The van der Waals surface area contributed by atoms with Crippen LogP contribution in [0.2, 0.25) is 0 Å². The van der Waals surface area contributed by atoms with Crippen LogP contribution in [0.1, 0.15) is 5.56 Å². The van der Waals surface area contributed by atoms with Gasteiger partial charge >= 0.3 is 5.97 Å². The lowest BCUT2D eigenvalue weighted by Gasteiger charge is -2.33. The molecule has 0 atom stereocenters. The lowest BCUT2D eigenvalue weighted by Crippen LogP contribution is -2.40. The highest BCUT2D eigenvalue weighted by molar-refractivity contribution is 5.41. The van der Waals surface area contributed by atoms with Crippen molar-refractivity contribution in [2.24, 2.45) is 0 Å². The number of hydrogen-bond donors (Lipinski definition) is 2. The molecule has 1 aliphatic heterocycles. The van der Waals surface area contributed by atoms with E-state index in [1.54, 1.807) is 24.3 Å². The van der Waals surface area contributed by atoms with Gasteiger partial charge in [0.15, 0.2) is 0 Å². The monoisotopic (exact) mass is 138 g/mol. The van der Waals surface area contributed by atoms with Crippen LogP contribution >= 0.6 is 0 Å². The molecule has 0 aliphatic carbocycles. The molecule has 2 N–H and O–H groups in total. The molecule has 3 heteroatoms. The van der Waals surface area contributed by atoms with Crippen LogP contribution in [0, 0.1) is 0 Å². The second-order valence-electron chi connectivity index (χ2n) is 2.21. The largest absolute Gasteiger partial charge is 0.435 e. The summed E-state index contributed by atoms with van der Waals surface area (Å²) in [4.78, 5) is 0. The zero-order chi connectivity index (χ0) is 7.19. The molecule has 0 saturated carbocycles. The highest BCUT2D eigenvalue weighted by atomic mass is 16.8. The zero-order valence-electron chi connectivity index (χ0n) is 5.11. The van der Waals surface area contributed by atoms with Crippen molar-refractivity contribution in [1.29, 1.82) is 0 Å². The predicted molar refractivity (Wildman–Crippen MR) is 33.2 cm³/mol. The molecule has 52 valence electrons. The van der Waals surface area contributed by atoms with Gasteiger partial charge in [0.2, 0.25) is 0 Å². The van der Waals surface area contributed by atoms with E-state index in [2.05, 4.69) is 4.74 Å². The normalized spacial score (nSPS) is 18.6. The minimum atomic E-state index is -2.05. The number of hydrogen-bond acceptors (Lipinski definition) is 3. The van der Waals surface area contributed by atoms with Crippen LogP contribution in [-0.2, 0) is 5.97 Å². The first-order chi connectivity index (χ1) is 4.70. The Morgan fingerprint density at radius 3 is 2.40 bits per heavy atom. The van der Waals surface area contributed by atoms with Crippen LogP contribution in [0.4, 0.5) is 0 Å². The topological polar surface area (TPSA) is 49.7 Å². The van der Waals surface area contributed by atoms with Gasteiger partial charge in [-0.15, -0.1) is 0 Å². The molecule has 1 heterocycles. The molecule has 3 nitrogen and oxygen atoms in total. The van der Waals surface area contributed by atoms with E-state index in [-0.39, 0.29) is 0 Å². The predicted octanol–water partition coefficient (Wildman–Crippen LogP) is 0.174. The van der Waals surface area contributed by atoms with Gasteiger partial charge in [0.1, 0.15) is 5.75 Å². The second-order valence-corrected chi connectivity index (χ2v) is 2.21. The quantitative estimate of drug-likeness (QED) is 0.502. The van der Waals surface area contributed by atoms with Gasteiger partial charge in [0.25, 0.3) is 0 Å². The van der Waals surface area contributed by atoms with Gasteiger partial charge < -0.3 is 14.9 Å². The SMILES string of the molecule is OC1(O)Oc2ccccc21. The Bertz CT molecular complexity index is 267. The van der Waals surface area contributed by atoms with Crippen molar-refractivity contribution < 1.29 is 14.9 Å².